The van der Waals surface area contributed by atoms with Crippen molar-refractivity contribution in [3.63, 3.8) is 0 Å². The molecule has 3 rings (SSSR count). The van der Waals surface area contributed by atoms with Crippen LogP contribution in [-0.4, -0.2) is 42.3 Å². The Labute approximate surface area is 146 Å². The van der Waals surface area contributed by atoms with Crippen molar-refractivity contribution >= 4 is 54.3 Å². The van der Waals surface area contributed by atoms with Crippen molar-refractivity contribution in [2.24, 2.45) is 4.99 Å². The van der Waals surface area contributed by atoms with E-state index in [1.54, 1.807) is 6.07 Å². The summed E-state index contributed by atoms with van der Waals surface area (Å²) in [5.41, 5.74) is 0.786. The Hall–Kier alpha value is -1.37. The van der Waals surface area contributed by atoms with Crippen LogP contribution >= 0.6 is 27.7 Å². The molecule has 0 bridgehead atoms. The number of thioether (sulfide) groups is 1. The van der Waals surface area contributed by atoms with Crippen molar-refractivity contribution in [3.05, 3.63) is 28.7 Å². The molecule has 2 unspecified atom stereocenters. The van der Waals surface area contributed by atoms with Gasteiger partial charge in [0.25, 0.3) is 5.91 Å². The van der Waals surface area contributed by atoms with Gasteiger partial charge in [-0.2, -0.15) is 10.3 Å². The van der Waals surface area contributed by atoms with Gasteiger partial charge >= 0.3 is 0 Å². The number of nitrogens with zero attached hydrogens (tertiary/aromatic N) is 3. The second-order valence-corrected chi connectivity index (χ2v) is 9.55. The fourth-order valence-corrected chi connectivity index (χ4v) is 6.88. The summed E-state index contributed by atoms with van der Waals surface area (Å²) in [4.78, 5) is 17.5. The van der Waals surface area contributed by atoms with Gasteiger partial charge < -0.3 is 4.90 Å². The first kappa shape index (κ1) is 16.5. The SMILES string of the molecule is N#CCC(=O)N=C1SC2CS(=O)(=O)CC2N1c1ccc(Br)cc1. The summed E-state index contributed by atoms with van der Waals surface area (Å²) >= 11 is 4.66. The van der Waals surface area contributed by atoms with E-state index in [0.717, 1.165) is 10.2 Å². The number of carbonyl (C=O) groups excluding carboxylic acids is 1. The van der Waals surface area contributed by atoms with Crippen LogP contribution in [-0.2, 0) is 14.6 Å². The summed E-state index contributed by atoms with van der Waals surface area (Å²) in [5.74, 6) is -0.382. The minimum absolute atomic E-state index is 0.0478. The van der Waals surface area contributed by atoms with Gasteiger partial charge in [0.05, 0.1) is 23.6 Å². The molecule has 6 nitrogen and oxygen atoms in total. The number of nitriles is 1. The Bertz CT molecular complexity index is 815. The highest BCUT2D eigenvalue weighted by Gasteiger charge is 2.49. The Kier molecular flexibility index (Phi) is 4.49. The molecule has 1 aromatic carbocycles. The molecular formula is C14H12BrN3O3S2. The molecule has 0 radical (unpaired) electrons. The molecule has 9 heteroatoms. The number of carbonyl (C=O) groups is 1. The average molecular weight is 414 g/mol. The normalized spacial score (nSPS) is 27.0. The predicted octanol–water partition coefficient (Wildman–Crippen LogP) is 1.96. The third-order valence-corrected chi connectivity index (χ3v) is 7.36. The molecule has 1 aromatic rings. The van der Waals surface area contributed by atoms with Gasteiger partial charge in [0.2, 0.25) is 0 Å². The van der Waals surface area contributed by atoms with E-state index in [0.29, 0.717) is 5.17 Å². The molecule has 0 aliphatic carbocycles. The van der Waals surface area contributed by atoms with E-state index < -0.39 is 15.7 Å². The summed E-state index contributed by atoms with van der Waals surface area (Å²) in [5, 5.41) is 8.94. The van der Waals surface area contributed by atoms with E-state index in [1.165, 1.54) is 11.8 Å². The number of fused-ring (bicyclic) bond motifs is 1. The van der Waals surface area contributed by atoms with Crippen molar-refractivity contribution in [2.75, 3.05) is 16.4 Å². The largest absolute Gasteiger partial charge is 0.316 e. The average Bonchev–Trinajstić information content (AvgIpc) is 2.91. The van der Waals surface area contributed by atoms with Gasteiger partial charge in [-0.1, -0.05) is 27.7 Å². The number of halogens is 1. The smallest absolute Gasteiger partial charge is 0.262 e. The van der Waals surface area contributed by atoms with Gasteiger partial charge in [-0.3, -0.25) is 4.79 Å². The van der Waals surface area contributed by atoms with E-state index in [1.807, 2.05) is 29.2 Å². The molecule has 2 fully saturated rings. The maximum Gasteiger partial charge on any atom is 0.262 e. The Morgan fingerprint density at radius 2 is 2.09 bits per heavy atom. The van der Waals surface area contributed by atoms with Crippen LogP contribution in [0.5, 0.6) is 0 Å². The van der Waals surface area contributed by atoms with Crippen molar-refractivity contribution in [2.45, 2.75) is 17.7 Å². The van der Waals surface area contributed by atoms with Gasteiger partial charge in [-0.05, 0) is 24.3 Å². The third-order valence-electron chi connectivity index (χ3n) is 3.62. The number of benzene rings is 1. The monoisotopic (exact) mass is 413 g/mol. The molecule has 0 N–H and O–H groups in total. The maximum atomic E-state index is 11.9. The topological polar surface area (TPSA) is 90.6 Å². The summed E-state index contributed by atoms with van der Waals surface area (Å²) in [7, 11) is -3.08. The number of hydrogen-bond acceptors (Lipinski definition) is 5. The lowest BCUT2D eigenvalue weighted by molar-refractivity contribution is -0.116. The Morgan fingerprint density at radius 3 is 2.74 bits per heavy atom. The molecular weight excluding hydrogens is 402 g/mol. The van der Waals surface area contributed by atoms with Gasteiger partial charge in [0.1, 0.15) is 6.42 Å². The van der Waals surface area contributed by atoms with Gasteiger partial charge in [0, 0.05) is 15.4 Å². The van der Waals surface area contributed by atoms with Crippen molar-refractivity contribution in [1.29, 1.82) is 5.26 Å². The molecule has 2 aliphatic rings. The molecule has 2 heterocycles. The fraction of sp³-hybridized carbons (Fsp3) is 0.357. The summed E-state index contributed by atoms with van der Waals surface area (Å²) in [6.07, 6.45) is -0.286. The molecule has 2 saturated heterocycles. The standard InChI is InChI=1S/C14H12BrN3O3S2/c15-9-1-3-10(4-2-9)18-11-7-23(20,21)8-12(11)22-14(18)17-13(19)5-6-16/h1-4,11-12H,5,7-8H2. The van der Waals surface area contributed by atoms with E-state index in [2.05, 4.69) is 20.9 Å². The summed E-state index contributed by atoms with van der Waals surface area (Å²) in [6.45, 7) is 0. The summed E-state index contributed by atoms with van der Waals surface area (Å²) in [6, 6.07) is 8.95. The Morgan fingerprint density at radius 1 is 1.39 bits per heavy atom. The molecule has 1 amide bonds. The zero-order chi connectivity index (χ0) is 16.6. The third kappa shape index (κ3) is 3.44. The molecule has 2 aliphatic heterocycles. The molecule has 120 valence electrons. The highest BCUT2D eigenvalue weighted by molar-refractivity contribution is 9.10. The maximum absolute atomic E-state index is 11.9. The minimum Gasteiger partial charge on any atom is -0.316 e. The van der Waals surface area contributed by atoms with Crippen LogP contribution in [0.2, 0.25) is 0 Å². The molecule has 0 saturated carbocycles. The lowest BCUT2D eigenvalue weighted by atomic mass is 10.2. The van der Waals surface area contributed by atoms with Gasteiger partial charge in [-0.25, -0.2) is 8.42 Å². The summed E-state index contributed by atoms with van der Waals surface area (Å²) < 4.78 is 24.7. The van der Waals surface area contributed by atoms with Crippen molar-refractivity contribution in [1.82, 2.24) is 0 Å². The lowest BCUT2D eigenvalue weighted by Gasteiger charge is -2.24. The number of anilines is 1. The van der Waals surface area contributed by atoms with Crippen LogP contribution in [0.1, 0.15) is 6.42 Å². The lowest BCUT2D eigenvalue weighted by Crippen LogP contribution is -2.37. The minimum atomic E-state index is -3.08. The van der Waals surface area contributed by atoms with E-state index in [-0.39, 0.29) is 29.2 Å². The second-order valence-electron chi connectivity index (χ2n) is 5.27. The van der Waals surface area contributed by atoms with E-state index >= 15 is 0 Å². The first-order valence-corrected chi connectivity index (χ1v) is 10.3. The van der Waals surface area contributed by atoms with Crippen LogP contribution in [0, 0.1) is 11.3 Å². The number of amides is 1. The molecule has 0 aromatic heterocycles. The van der Waals surface area contributed by atoms with Crippen LogP contribution in [0.3, 0.4) is 0 Å². The number of sulfone groups is 1. The van der Waals surface area contributed by atoms with E-state index in [4.69, 9.17) is 5.26 Å². The van der Waals surface area contributed by atoms with E-state index in [9.17, 15) is 13.2 Å². The molecule has 0 spiro atoms. The van der Waals surface area contributed by atoms with Crippen LogP contribution in [0.25, 0.3) is 0 Å². The van der Waals surface area contributed by atoms with Gasteiger partial charge in [0.15, 0.2) is 15.0 Å². The molecule has 23 heavy (non-hydrogen) atoms. The molecule has 2 atom stereocenters. The first-order valence-electron chi connectivity index (χ1n) is 6.80. The highest BCUT2D eigenvalue weighted by atomic mass is 79.9. The van der Waals surface area contributed by atoms with Gasteiger partial charge in [-0.15, -0.1) is 0 Å². The highest BCUT2D eigenvalue weighted by Crippen LogP contribution is 2.41. The quantitative estimate of drug-likeness (QED) is 0.735. The number of amidine groups is 1. The number of hydrogen-bond donors (Lipinski definition) is 0. The van der Waals surface area contributed by atoms with Crippen LogP contribution < -0.4 is 4.90 Å². The number of rotatable bonds is 2. The van der Waals surface area contributed by atoms with Crippen LogP contribution in [0.4, 0.5) is 5.69 Å². The Balaban J connectivity index is 1.99. The number of aliphatic imine (C=N–C) groups is 1. The predicted molar refractivity (Wildman–Crippen MR) is 93.1 cm³/mol. The first-order chi connectivity index (χ1) is 10.9. The zero-order valence-electron chi connectivity index (χ0n) is 11.8. The zero-order valence-corrected chi connectivity index (χ0v) is 15.1. The fourth-order valence-electron chi connectivity index (χ4n) is 2.68. The second kappa shape index (κ2) is 6.26. The van der Waals surface area contributed by atoms with Crippen LogP contribution in [0.15, 0.2) is 33.7 Å². The van der Waals surface area contributed by atoms with Crippen molar-refractivity contribution in [3.8, 4) is 6.07 Å². The van der Waals surface area contributed by atoms with Crippen molar-refractivity contribution < 1.29 is 13.2 Å².